The van der Waals surface area contributed by atoms with Gasteiger partial charge >= 0.3 is 0 Å². The Hall–Kier alpha value is -2.62. The molecule has 1 atom stereocenters. The van der Waals surface area contributed by atoms with Crippen LogP contribution in [0.25, 0.3) is 22.3 Å². The standard InChI is InChI=1S/C26H25BrN4O3S/c1-15-2-4-17(5-3-15)26(35(32,33)34)18-10-20(11-18)31-14-21(25(30-31)16-6-7-16)24-13-28-23-12-19(27)8-9-22(23)29-24/h2-5,8-9,12-14,16,18,20,26H,6-7,10-11H2,1H3,(H,32,33,34). The third-order valence-electron chi connectivity index (χ3n) is 7.18. The van der Waals surface area contributed by atoms with Crippen LogP contribution in [0.4, 0.5) is 0 Å². The van der Waals surface area contributed by atoms with Crippen molar-refractivity contribution in [1.82, 2.24) is 19.7 Å². The summed E-state index contributed by atoms with van der Waals surface area (Å²) >= 11 is 3.48. The molecule has 1 N–H and O–H groups in total. The van der Waals surface area contributed by atoms with Crippen molar-refractivity contribution in [2.75, 3.05) is 0 Å². The summed E-state index contributed by atoms with van der Waals surface area (Å²) in [5.41, 5.74) is 6.20. The van der Waals surface area contributed by atoms with E-state index in [1.54, 1.807) is 18.3 Å². The lowest BCUT2D eigenvalue weighted by Gasteiger charge is -2.39. The first-order valence-corrected chi connectivity index (χ1v) is 14.1. The number of hydrogen-bond acceptors (Lipinski definition) is 5. The fourth-order valence-corrected chi connectivity index (χ4v) is 6.66. The lowest BCUT2D eigenvalue weighted by atomic mass is 9.76. The van der Waals surface area contributed by atoms with Crippen LogP contribution >= 0.6 is 15.9 Å². The summed E-state index contributed by atoms with van der Waals surface area (Å²) in [6.07, 6.45) is 7.35. The summed E-state index contributed by atoms with van der Waals surface area (Å²) in [7, 11) is -4.22. The average Bonchev–Trinajstić information content (AvgIpc) is 3.54. The fraction of sp³-hybridized carbons (Fsp3) is 0.346. The summed E-state index contributed by atoms with van der Waals surface area (Å²) in [6, 6.07) is 13.3. The minimum atomic E-state index is -4.22. The second-order valence-electron chi connectivity index (χ2n) is 9.80. The Morgan fingerprint density at radius 2 is 1.83 bits per heavy atom. The summed E-state index contributed by atoms with van der Waals surface area (Å²) in [6.45, 7) is 1.96. The van der Waals surface area contributed by atoms with Crippen molar-refractivity contribution in [3.8, 4) is 11.3 Å². The Labute approximate surface area is 212 Å². The van der Waals surface area contributed by atoms with E-state index in [1.165, 1.54) is 0 Å². The zero-order valence-corrected chi connectivity index (χ0v) is 21.6. The molecular formula is C26H25BrN4O3S. The maximum absolute atomic E-state index is 12.3. The molecule has 2 heterocycles. The van der Waals surface area contributed by atoms with Crippen molar-refractivity contribution in [2.45, 2.75) is 49.8 Å². The third-order valence-corrected chi connectivity index (χ3v) is 8.98. The van der Waals surface area contributed by atoms with Gasteiger partial charge in [0.15, 0.2) is 0 Å². The molecule has 0 spiro atoms. The van der Waals surface area contributed by atoms with Crippen LogP contribution in [-0.2, 0) is 10.1 Å². The van der Waals surface area contributed by atoms with E-state index in [-0.39, 0.29) is 12.0 Å². The van der Waals surface area contributed by atoms with Crippen molar-refractivity contribution < 1.29 is 13.0 Å². The highest BCUT2D eigenvalue weighted by atomic mass is 79.9. The normalized spacial score (nSPS) is 21.1. The SMILES string of the molecule is Cc1ccc(C(C2CC(n3cc(-c4cnc5cc(Br)ccc5n4)c(C4CC4)n3)C2)S(=O)(=O)O)cc1. The number of aryl methyl sites for hydroxylation is 1. The Kier molecular flexibility index (Phi) is 5.54. The van der Waals surface area contributed by atoms with E-state index in [4.69, 9.17) is 10.1 Å². The fourth-order valence-electron chi connectivity index (χ4n) is 5.10. The zero-order chi connectivity index (χ0) is 24.3. The van der Waals surface area contributed by atoms with Crippen LogP contribution in [0.15, 0.2) is 59.3 Å². The van der Waals surface area contributed by atoms with Crippen LogP contribution < -0.4 is 0 Å². The van der Waals surface area contributed by atoms with E-state index >= 15 is 0 Å². The lowest BCUT2D eigenvalue weighted by molar-refractivity contribution is 0.172. The molecule has 180 valence electrons. The van der Waals surface area contributed by atoms with Crippen molar-refractivity contribution >= 4 is 37.1 Å². The first kappa shape index (κ1) is 22.8. The number of fused-ring (bicyclic) bond motifs is 1. The molecule has 2 aliphatic carbocycles. The summed E-state index contributed by atoms with van der Waals surface area (Å²) < 4.78 is 37.5. The predicted octanol–water partition coefficient (Wildman–Crippen LogP) is 6.02. The van der Waals surface area contributed by atoms with Gasteiger partial charge in [0.2, 0.25) is 0 Å². The van der Waals surface area contributed by atoms with Crippen molar-refractivity contribution in [3.63, 3.8) is 0 Å². The molecule has 0 saturated heterocycles. The van der Waals surface area contributed by atoms with E-state index < -0.39 is 15.4 Å². The van der Waals surface area contributed by atoms with Crippen molar-refractivity contribution in [1.29, 1.82) is 0 Å². The number of rotatable bonds is 6. The topological polar surface area (TPSA) is 98.0 Å². The highest BCUT2D eigenvalue weighted by molar-refractivity contribution is 9.10. The van der Waals surface area contributed by atoms with Gasteiger partial charge in [-0.3, -0.25) is 14.2 Å². The van der Waals surface area contributed by atoms with E-state index in [1.807, 2.05) is 48.1 Å². The molecule has 2 saturated carbocycles. The van der Waals surface area contributed by atoms with Crippen LogP contribution in [0.5, 0.6) is 0 Å². The number of benzene rings is 2. The maximum atomic E-state index is 12.3. The molecule has 0 amide bonds. The van der Waals surface area contributed by atoms with E-state index in [2.05, 4.69) is 20.9 Å². The second kappa shape index (κ2) is 8.50. The van der Waals surface area contributed by atoms with Gasteiger partial charge in [0.05, 0.1) is 34.7 Å². The van der Waals surface area contributed by atoms with Crippen molar-refractivity contribution in [2.24, 2.45) is 5.92 Å². The minimum Gasteiger partial charge on any atom is -0.285 e. The molecule has 6 rings (SSSR count). The Balaban J connectivity index is 1.28. The van der Waals surface area contributed by atoms with Crippen LogP contribution in [0.3, 0.4) is 0 Å². The van der Waals surface area contributed by atoms with Gasteiger partial charge in [-0.05, 0) is 62.3 Å². The lowest BCUT2D eigenvalue weighted by Crippen LogP contribution is -2.34. The van der Waals surface area contributed by atoms with Crippen LogP contribution in [0, 0.1) is 12.8 Å². The minimum absolute atomic E-state index is 0.0883. The second-order valence-corrected chi connectivity index (χ2v) is 12.3. The van der Waals surface area contributed by atoms with Gasteiger partial charge in [-0.1, -0.05) is 45.8 Å². The first-order chi connectivity index (χ1) is 16.8. The number of hydrogen-bond donors (Lipinski definition) is 1. The van der Waals surface area contributed by atoms with Crippen LogP contribution in [0.1, 0.15) is 59.7 Å². The summed E-state index contributed by atoms with van der Waals surface area (Å²) in [5.74, 6) is 0.274. The van der Waals surface area contributed by atoms with Gasteiger partial charge < -0.3 is 0 Å². The molecule has 9 heteroatoms. The zero-order valence-electron chi connectivity index (χ0n) is 19.2. The Bertz CT molecular complexity index is 1520. The molecule has 0 radical (unpaired) electrons. The number of nitrogens with zero attached hydrogens (tertiary/aromatic N) is 4. The highest BCUT2D eigenvalue weighted by Gasteiger charge is 2.43. The smallest absolute Gasteiger partial charge is 0.272 e. The Morgan fingerprint density at radius 3 is 2.51 bits per heavy atom. The number of aromatic nitrogens is 4. The predicted molar refractivity (Wildman–Crippen MR) is 138 cm³/mol. The van der Waals surface area contributed by atoms with E-state index in [0.29, 0.717) is 24.3 Å². The first-order valence-electron chi connectivity index (χ1n) is 11.8. The van der Waals surface area contributed by atoms with E-state index in [0.717, 1.165) is 50.9 Å². The van der Waals surface area contributed by atoms with Gasteiger partial charge in [-0.25, -0.2) is 4.98 Å². The number of halogens is 1. The highest BCUT2D eigenvalue weighted by Crippen LogP contribution is 2.49. The average molecular weight is 553 g/mol. The molecule has 2 aliphatic rings. The molecule has 0 aliphatic heterocycles. The molecule has 7 nitrogen and oxygen atoms in total. The van der Waals surface area contributed by atoms with Gasteiger partial charge in [-0.15, -0.1) is 0 Å². The molecule has 2 fully saturated rings. The van der Waals surface area contributed by atoms with E-state index in [9.17, 15) is 13.0 Å². The summed E-state index contributed by atoms with van der Waals surface area (Å²) in [4.78, 5) is 9.45. The van der Waals surface area contributed by atoms with Crippen molar-refractivity contribution in [3.05, 3.63) is 76.2 Å². The van der Waals surface area contributed by atoms with Crippen LogP contribution in [0.2, 0.25) is 0 Å². The van der Waals surface area contributed by atoms with Gasteiger partial charge in [0, 0.05) is 22.2 Å². The molecule has 35 heavy (non-hydrogen) atoms. The quantitative estimate of drug-likeness (QED) is 0.293. The van der Waals surface area contributed by atoms with Gasteiger partial charge in [0.25, 0.3) is 10.1 Å². The maximum Gasteiger partial charge on any atom is 0.272 e. The third kappa shape index (κ3) is 4.41. The van der Waals surface area contributed by atoms with Gasteiger partial charge in [-0.2, -0.15) is 13.5 Å². The molecule has 4 aromatic rings. The molecule has 2 aromatic carbocycles. The molecule has 1 unspecified atom stereocenters. The molecule has 0 bridgehead atoms. The monoisotopic (exact) mass is 552 g/mol. The van der Waals surface area contributed by atoms with Crippen LogP contribution in [-0.4, -0.2) is 32.7 Å². The molecular weight excluding hydrogens is 528 g/mol. The molecule has 2 aromatic heterocycles. The summed E-state index contributed by atoms with van der Waals surface area (Å²) in [5, 5.41) is 4.02. The largest absolute Gasteiger partial charge is 0.285 e. The Morgan fingerprint density at radius 1 is 1.09 bits per heavy atom. The van der Waals surface area contributed by atoms with Gasteiger partial charge in [0.1, 0.15) is 5.25 Å².